The van der Waals surface area contributed by atoms with E-state index in [1.165, 1.54) is 24.3 Å². The maximum absolute atomic E-state index is 13.5. The molecule has 1 aliphatic rings. The molecule has 0 fully saturated rings. The Kier molecular flexibility index (Phi) is 8.38. The molecule has 9 nitrogen and oxygen atoms in total. The minimum Gasteiger partial charge on any atom is -0.415 e. The van der Waals surface area contributed by atoms with Crippen molar-refractivity contribution in [1.29, 1.82) is 0 Å². The van der Waals surface area contributed by atoms with Gasteiger partial charge in [-0.05, 0) is 42.7 Å². The average molecular weight is 553 g/mol. The number of hydrogen-bond donors (Lipinski definition) is 1. The van der Waals surface area contributed by atoms with Gasteiger partial charge in [0.05, 0.1) is 5.76 Å². The fourth-order valence-electron chi connectivity index (χ4n) is 3.88. The molecular formula is C27H28N4O5S2. The number of benzene rings is 2. The summed E-state index contributed by atoms with van der Waals surface area (Å²) in [6.45, 7) is 7.41. The molecule has 38 heavy (non-hydrogen) atoms. The quantitative estimate of drug-likeness (QED) is 0.351. The second-order valence-corrected chi connectivity index (χ2v) is 11.6. The summed E-state index contributed by atoms with van der Waals surface area (Å²) in [6, 6.07) is 13.5. The monoisotopic (exact) mass is 552 g/mol. The van der Waals surface area contributed by atoms with E-state index in [1.807, 2.05) is 47.2 Å². The van der Waals surface area contributed by atoms with E-state index in [-0.39, 0.29) is 18.1 Å². The molecule has 0 saturated carbocycles. The van der Waals surface area contributed by atoms with Gasteiger partial charge in [-0.2, -0.15) is 0 Å². The van der Waals surface area contributed by atoms with Crippen LogP contribution in [0.15, 0.2) is 73.0 Å². The van der Waals surface area contributed by atoms with Crippen LogP contribution in [0.5, 0.6) is 0 Å². The molecule has 1 unspecified atom stereocenters. The number of carbonyl (C=O) groups is 2. The normalized spacial score (nSPS) is 15.1. The van der Waals surface area contributed by atoms with E-state index in [4.69, 9.17) is 0 Å². The van der Waals surface area contributed by atoms with E-state index < -0.39 is 21.4 Å². The summed E-state index contributed by atoms with van der Waals surface area (Å²) < 4.78 is 31.6. The molecule has 11 heteroatoms. The maximum atomic E-state index is 13.5. The number of unbranched alkanes of at least 4 members (excludes halogenated alkanes) is 1. The number of carbonyl (C=O) groups excluding carboxylic acids is 2. The molecule has 198 valence electrons. The smallest absolute Gasteiger partial charge is 0.415 e. The second kappa shape index (κ2) is 11.7. The van der Waals surface area contributed by atoms with Gasteiger partial charge in [-0.15, -0.1) is 10.2 Å². The van der Waals surface area contributed by atoms with E-state index in [2.05, 4.69) is 28.4 Å². The summed E-state index contributed by atoms with van der Waals surface area (Å²) in [6.07, 6.45) is 5.58. The van der Waals surface area contributed by atoms with Crippen molar-refractivity contribution in [2.75, 3.05) is 11.4 Å². The van der Waals surface area contributed by atoms with Crippen molar-refractivity contribution in [1.82, 2.24) is 14.9 Å². The number of allylic oxidation sites excluding steroid dienone is 4. The van der Waals surface area contributed by atoms with Crippen LogP contribution in [0.3, 0.4) is 0 Å². The Hall–Kier alpha value is -3.83. The Labute approximate surface area is 225 Å². The summed E-state index contributed by atoms with van der Waals surface area (Å²) in [5, 5.41) is 10.7. The summed E-state index contributed by atoms with van der Waals surface area (Å²) in [7, 11) is -3.99. The van der Waals surface area contributed by atoms with Gasteiger partial charge < -0.3 is 4.74 Å². The number of nitrogens with one attached hydrogen (secondary N) is 1. The third-order valence-electron chi connectivity index (χ3n) is 5.82. The summed E-state index contributed by atoms with van der Waals surface area (Å²) in [5.41, 5.74) is 1.26. The van der Waals surface area contributed by atoms with Gasteiger partial charge in [0.15, 0.2) is 0 Å². The summed E-state index contributed by atoms with van der Waals surface area (Å²) in [4.78, 5) is 26.9. The molecule has 4 rings (SSSR count). The van der Waals surface area contributed by atoms with Crippen LogP contribution in [0.2, 0.25) is 0 Å². The molecule has 3 aromatic rings. The molecular weight excluding hydrogens is 524 g/mol. The molecule has 0 saturated heterocycles. The lowest BCUT2D eigenvalue weighted by molar-refractivity contribution is 0.0986. The molecule has 0 aliphatic heterocycles. The number of hydrogen-bond acceptors (Lipinski definition) is 8. The molecule has 1 atom stereocenters. The van der Waals surface area contributed by atoms with Crippen LogP contribution >= 0.6 is 11.3 Å². The van der Waals surface area contributed by atoms with Crippen molar-refractivity contribution in [3.63, 3.8) is 0 Å². The Morgan fingerprint density at radius 2 is 1.95 bits per heavy atom. The Bertz CT molecular complexity index is 1540. The molecule has 2 aromatic carbocycles. The van der Waals surface area contributed by atoms with Gasteiger partial charge in [0.1, 0.15) is 10.3 Å². The Balaban J connectivity index is 1.51. The number of ether oxygens (including phenoxy) is 1. The maximum Gasteiger partial charge on any atom is 0.426 e. The lowest BCUT2D eigenvalue weighted by Gasteiger charge is -2.19. The second-order valence-electron chi connectivity index (χ2n) is 8.79. The zero-order chi connectivity index (χ0) is 27.3. The van der Waals surface area contributed by atoms with Gasteiger partial charge in [0, 0.05) is 17.7 Å². The minimum atomic E-state index is -3.99. The Morgan fingerprint density at radius 3 is 2.63 bits per heavy atom. The van der Waals surface area contributed by atoms with Crippen LogP contribution in [0.1, 0.15) is 48.5 Å². The molecule has 0 bridgehead atoms. The highest BCUT2D eigenvalue weighted by atomic mass is 32.2. The first-order valence-electron chi connectivity index (χ1n) is 12.1. The Morgan fingerprint density at radius 1 is 1.18 bits per heavy atom. The van der Waals surface area contributed by atoms with E-state index in [0.717, 1.165) is 23.6 Å². The number of nitrogens with zero attached hydrogens (tertiary/aromatic N) is 3. The summed E-state index contributed by atoms with van der Waals surface area (Å²) in [5.74, 6) is -0.0721. The van der Waals surface area contributed by atoms with Gasteiger partial charge >= 0.3 is 6.09 Å². The van der Waals surface area contributed by atoms with E-state index in [1.54, 1.807) is 17.1 Å². The first-order valence-corrected chi connectivity index (χ1v) is 14.5. The van der Waals surface area contributed by atoms with Gasteiger partial charge in [-0.25, -0.2) is 17.9 Å². The molecule has 0 spiro atoms. The van der Waals surface area contributed by atoms with Crippen molar-refractivity contribution in [3.05, 3.63) is 83.6 Å². The SMILES string of the molecule is C=C(C)OC(=O)NS(=O)(=O)C1C=CC(c2nnc(N(CCCC)C(=O)c3ccc4ccccc4c3)s2)=CC1. The van der Waals surface area contributed by atoms with Crippen LogP contribution in [0.4, 0.5) is 9.93 Å². The van der Waals surface area contributed by atoms with Crippen LogP contribution in [-0.2, 0) is 14.8 Å². The van der Waals surface area contributed by atoms with Crippen LogP contribution in [0.25, 0.3) is 16.3 Å². The number of anilines is 1. The first kappa shape index (κ1) is 27.2. The molecule has 1 aromatic heterocycles. The standard InChI is InChI=1S/C27H28N4O5S2/c1-4-5-16-31(25(32)22-11-10-19-8-6-7-9-21(19)17-22)26-29-28-24(37-26)20-12-14-23(15-13-20)38(34,35)30-27(33)36-18(2)3/h6-14,17,23H,2,4-5,15-16H2,1,3H3,(H,30,33). The molecule has 2 amide bonds. The number of sulfonamides is 1. The van der Waals surface area contributed by atoms with Crippen LogP contribution in [0, 0.1) is 0 Å². The average Bonchev–Trinajstić information content (AvgIpc) is 3.38. The lowest BCUT2D eigenvalue weighted by Crippen LogP contribution is -2.37. The van der Waals surface area contributed by atoms with Gasteiger partial charge in [-0.1, -0.05) is 79.8 Å². The van der Waals surface area contributed by atoms with Crippen LogP contribution in [-0.4, -0.2) is 42.4 Å². The predicted octanol–water partition coefficient (Wildman–Crippen LogP) is 5.44. The van der Waals surface area contributed by atoms with E-state index >= 15 is 0 Å². The van der Waals surface area contributed by atoms with E-state index in [9.17, 15) is 18.0 Å². The summed E-state index contributed by atoms with van der Waals surface area (Å²) >= 11 is 1.27. The van der Waals surface area contributed by atoms with Crippen molar-refractivity contribution < 1.29 is 22.7 Å². The number of amides is 2. The minimum absolute atomic E-state index is 0.0817. The van der Waals surface area contributed by atoms with Crippen molar-refractivity contribution in [2.45, 2.75) is 38.4 Å². The third-order valence-corrected chi connectivity index (χ3v) is 8.41. The van der Waals surface area contributed by atoms with Crippen molar-refractivity contribution in [3.8, 4) is 0 Å². The van der Waals surface area contributed by atoms with Crippen molar-refractivity contribution >= 4 is 54.8 Å². The fourth-order valence-corrected chi connectivity index (χ4v) is 5.83. The van der Waals surface area contributed by atoms with Gasteiger partial charge in [0.2, 0.25) is 15.2 Å². The van der Waals surface area contributed by atoms with Crippen LogP contribution < -0.4 is 9.62 Å². The largest absolute Gasteiger partial charge is 0.426 e. The number of aromatic nitrogens is 2. The molecule has 1 aliphatic carbocycles. The highest BCUT2D eigenvalue weighted by Crippen LogP contribution is 2.31. The van der Waals surface area contributed by atoms with Gasteiger partial charge in [0.25, 0.3) is 5.91 Å². The first-order chi connectivity index (χ1) is 18.2. The van der Waals surface area contributed by atoms with Crippen molar-refractivity contribution in [2.24, 2.45) is 0 Å². The van der Waals surface area contributed by atoms with Gasteiger partial charge in [-0.3, -0.25) is 9.69 Å². The fraction of sp³-hybridized carbons (Fsp3) is 0.259. The zero-order valence-electron chi connectivity index (χ0n) is 21.1. The third kappa shape index (κ3) is 6.35. The zero-order valence-corrected chi connectivity index (χ0v) is 22.7. The highest BCUT2D eigenvalue weighted by Gasteiger charge is 2.28. The highest BCUT2D eigenvalue weighted by molar-refractivity contribution is 7.90. The molecule has 1 heterocycles. The predicted molar refractivity (Wildman–Crippen MR) is 149 cm³/mol. The number of fused-ring (bicyclic) bond motifs is 1. The topological polar surface area (TPSA) is 119 Å². The molecule has 0 radical (unpaired) electrons. The lowest BCUT2D eigenvalue weighted by atomic mass is 10.1. The molecule has 1 N–H and O–H groups in total. The van der Waals surface area contributed by atoms with E-state index in [0.29, 0.717) is 27.8 Å². The number of rotatable bonds is 9.